The van der Waals surface area contributed by atoms with Crippen LogP contribution in [0.3, 0.4) is 0 Å². The third kappa shape index (κ3) is 4.54. The van der Waals surface area contributed by atoms with Crippen molar-refractivity contribution in [1.82, 2.24) is 14.9 Å². The number of rotatable bonds is 8. The number of carbonyl (C=O) groups excluding carboxylic acids is 1. The molecular weight excluding hydrogens is 374 g/mol. The van der Waals surface area contributed by atoms with Crippen LogP contribution in [0.4, 0.5) is 0 Å². The molecule has 2 aromatic carbocycles. The van der Waals surface area contributed by atoms with Crippen molar-refractivity contribution < 1.29 is 9.53 Å². The maximum absolute atomic E-state index is 12.7. The predicted molar refractivity (Wildman–Crippen MR) is 112 cm³/mol. The Morgan fingerprint density at radius 2 is 1.89 bits per heavy atom. The molecule has 0 radical (unpaired) electrons. The Hall–Kier alpha value is -2.80. The predicted octanol–water partition coefficient (Wildman–Crippen LogP) is 3.22. The molecule has 1 N–H and O–H groups in total. The quantitative estimate of drug-likeness (QED) is 0.591. The fraction of sp³-hybridized carbons (Fsp3) is 0.286. The lowest BCUT2D eigenvalue weighted by Crippen LogP contribution is -2.27. The highest BCUT2D eigenvalue weighted by molar-refractivity contribution is 7.99. The van der Waals surface area contributed by atoms with Crippen LogP contribution >= 0.6 is 11.8 Å². The number of para-hydroxylation sites is 3. The molecule has 1 heterocycles. The molecule has 0 aliphatic rings. The minimum atomic E-state index is -0.166. The lowest BCUT2D eigenvalue weighted by atomic mass is 10.2. The highest BCUT2D eigenvalue weighted by atomic mass is 32.2. The maximum Gasteiger partial charge on any atom is 0.283 e. The summed E-state index contributed by atoms with van der Waals surface area (Å²) in [7, 11) is 0. The fourth-order valence-corrected chi connectivity index (χ4v) is 3.67. The third-order valence-corrected chi connectivity index (χ3v) is 5.17. The van der Waals surface area contributed by atoms with E-state index < -0.39 is 0 Å². The van der Waals surface area contributed by atoms with Crippen LogP contribution < -0.4 is 15.6 Å². The first-order valence-electron chi connectivity index (χ1n) is 9.23. The van der Waals surface area contributed by atoms with E-state index in [-0.39, 0.29) is 17.2 Å². The number of aryl methyl sites for hydroxylation is 1. The number of amides is 1. The standard InChI is InChI=1S/C21H23N3O3S/c1-3-24-17-11-7-6-10-16(17)23-20(21(24)26)28-14-19(25)22-13-15-9-5-8-12-18(15)27-4-2/h5-12H,3-4,13-14H2,1-2H3,(H,22,25). The Balaban J connectivity index is 1.67. The number of aromatic nitrogens is 2. The third-order valence-electron chi connectivity index (χ3n) is 4.23. The number of carbonyl (C=O) groups is 1. The van der Waals surface area contributed by atoms with Gasteiger partial charge < -0.3 is 14.6 Å². The van der Waals surface area contributed by atoms with Crippen molar-refractivity contribution in [1.29, 1.82) is 0 Å². The van der Waals surface area contributed by atoms with Gasteiger partial charge in [-0.3, -0.25) is 9.59 Å². The summed E-state index contributed by atoms with van der Waals surface area (Å²) in [6, 6.07) is 15.1. The van der Waals surface area contributed by atoms with Gasteiger partial charge in [0.15, 0.2) is 5.03 Å². The summed E-state index contributed by atoms with van der Waals surface area (Å²) in [6.07, 6.45) is 0. The Labute approximate surface area is 167 Å². The van der Waals surface area contributed by atoms with E-state index in [0.29, 0.717) is 24.7 Å². The number of nitrogens with zero attached hydrogens (tertiary/aromatic N) is 2. The highest BCUT2D eigenvalue weighted by Gasteiger charge is 2.12. The van der Waals surface area contributed by atoms with Gasteiger partial charge in [0.1, 0.15) is 5.75 Å². The van der Waals surface area contributed by atoms with Crippen LogP contribution in [0.25, 0.3) is 11.0 Å². The Morgan fingerprint density at radius 3 is 2.68 bits per heavy atom. The van der Waals surface area contributed by atoms with Crippen LogP contribution in [0.5, 0.6) is 5.75 Å². The summed E-state index contributed by atoms with van der Waals surface area (Å²) < 4.78 is 7.25. The van der Waals surface area contributed by atoms with Crippen LogP contribution in [0.15, 0.2) is 58.4 Å². The maximum atomic E-state index is 12.7. The zero-order chi connectivity index (χ0) is 19.9. The minimum Gasteiger partial charge on any atom is -0.494 e. The van der Waals surface area contributed by atoms with E-state index >= 15 is 0 Å². The summed E-state index contributed by atoms with van der Waals surface area (Å²) in [5.74, 6) is 0.731. The van der Waals surface area contributed by atoms with E-state index in [1.165, 1.54) is 0 Å². The van der Waals surface area contributed by atoms with Gasteiger partial charge in [0, 0.05) is 18.7 Å². The van der Waals surface area contributed by atoms with E-state index in [2.05, 4.69) is 10.3 Å². The number of fused-ring (bicyclic) bond motifs is 1. The summed E-state index contributed by atoms with van der Waals surface area (Å²) in [5, 5.41) is 3.22. The molecule has 0 bridgehead atoms. The van der Waals surface area contributed by atoms with Gasteiger partial charge >= 0.3 is 0 Å². The molecule has 0 aliphatic carbocycles. The molecule has 1 aromatic heterocycles. The Bertz CT molecular complexity index is 1030. The van der Waals surface area contributed by atoms with Crippen molar-refractivity contribution in [2.45, 2.75) is 32.0 Å². The number of hydrogen-bond acceptors (Lipinski definition) is 5. The van der Waals surface area contributed by atoms with Gasteiger partial charge in [-0.2, -0.15) is 0 Å². The van der Waals surface area contributed by atoms with Crippen LogP contribution in [-0.4, -0.2) is 27.8 Å². The molecule has 3 aromatic rings. The van der Waals surface area contributed by atoms with Crippen LogP contribution in [0.2, 0.25) is 0 Å². The van der Waals surface area contributed by atoms with Crippen molar-refractivity contribution in [2.75, 3.05) is 12.4 Å². The van der Waals surface area contributed by atoms with Crippen molar-refractivity contribution in [3.8, 4) is 5.75 Å². The molecule has 1 amide bonds. The summed E-state index contributed by atoms with van der Waals surface area (Å²) >= 11 is 1.16. The minimum absolute atomic E-state index is 0.126. The molecule has 28 heavy (non-hydrogen) atoms. The number of benzene rings is 2. The molecule has 0 atom stereocenters. The zero-order valence-electron chi connectivity index (χ0n) is 16.0. The first-order chi connectivity index (χ1) is 13.6. The first kappa shape index (κ1) is 19.9. The van der Waals surface area contributed by atoms with E-state index in [1.54, 1.807) is 4.57 Å². The molecule has 3 rings (SSSR count). The average molecular weight is 398 g/mol. The summed E-state index contributed by atoms with van der Waals surface area (Å²) in [5.41, 5.74) is 2.30. The van der Waals surface area contributed by atoms with Gasteiger partial charge in [-0.1, -0.05) is 42.1 Å². The van der Waals surface area contributed by atoms with Gasteiger partial charge in [0.25, 0.3) is 5.56 Å². The van der Waals surface area contributed by atoms with Gasteiger partial charge in [0.05, 0.1) is 23.4 Å². The Kier molecular flexibility index (Phi) is 6.71. The van der Waals surface area contributed by atoms with Crippen LogP contribution in [-0.2, 0) is 17.9 Å². The molecule has 0 saturated heterocycles. The number of hydrogen-bond donors (Lipinski definition) is 1. The molecule has 0 saturated carbocycles. The lowest BCUT2D eigenvalue weighted by molar-refractivity contribution is -0.118. The second kappa shape index (κ2) is 9.41. The van der Waals surface area contributed by atoms with Crippen molar-refractivity contribution >= 4 is 28.7 Å². The summed E-state index contributed by atoms with van der Waals surface area (Å²) in [4.78, 5) is 29.4. The molecule has 0 spiro atoms. The molecule has 0 aliphatic heterocycles. The lowest BCUT2D eigenvalue weighted by Gasteiger charge is -2.11. The smallest absolute Gasteiger partial charge is 0.283 e. The molecule has 0 unspecified atom stereocenters. The molecule has 6 nitrogen and oxygen atoms in total. The Morgan fingerprint density at radius 1 is 1.14 bits per heavy atom. The van der Waals surface area contributed by atoms with Gasteiger partial charge in [-0.25, -0.2) is 4.98 Å². The van der Waals surface area contributed by atoms with E-state index in [9.17, 15) is 9.59 Å². The summed E-state index contributed by atoms with van der Waals surface area (Å²) in [6.45, 7) is 5.34. The van der Waals surface area contributed by atoms with E-state index in [0.717, 1.165) is 34.1 Å². The molecule has 146 valence electrons. The number of nitrogens with one attached hydrogen (secondary N) is 1. The van der Waals surface area contributed by atoms with E-state index in [1.807, 2.05) is 62.4 Å². The average Bonchev–Trinajstić information content (AvgIpc) is 2.72. The second-order valence-electron chi connectivity index (χ2n) is 6.06. The largest absolute Gasteiger partial charge is 0.494 e. The second-order valence-corrected chi connectivity index (χ2v) is 7.03. The topological polar surface area (TPSA) is 73.2 Å². The highest BCUT2D eigenvalue weighted by Crippen LogP contribution is 2.18. The van der Waals surface area contributed by atoms with Crippen LogP contribution in [0, 0.1) is 0 Å². The molecule has 0 fully saturated rings. The normalized spacial score (nSPS) is 10.8. The van der Waals surface area contributed by atoms with E-state index in [4.69, 9.17) is 4.74 Å². The first-order valence-corrected chi connectivity index (χ1v) is 10.2. The molecular formula is C21H23N3O3S. The van der Waals surface area contributed by atoms with Crippen LogP contribution in [0.1, 0.15) is 19.4 Å². The van der Waals surface area contributed by atoms with Gasteiger partial charge in [-0.05, 0) is 32.0 Å². The van der Waals surface area contributed by atoms with Gasteiger partial charge in [0.2, 0.25) is 5.91 Å². The zero-order valence-corrected chi connectivity index (χ0v) is 16.8. The fourth-order valence-electron chi connectivity index (χ4n) is 2.90. The number of ether oxygens (including phenoxy) is 1. The monoisotopic (exact) mass is 397 g/mol. The van der Waals surface area contributed by atoms with Crippen molar-refractivity contribution in [3.05, 3.63) is 64.4 Å². The number of thioether (sulfide) groups is 1. The SMILES string of the molecule is CCOc1ccccc1CNC(=O)CSc1nc2ccccc2n(CC)c1=O. The van der Waals surface area contributed by atoms with Gasteiger partial charge in [-0.15, -0.1) is 0 Å². The van der Waals surface area contributed by atoms with Crippen molar-refractivity contribution in [3.63, 3.8) is 0 Å². The molecule has 7 heteroatoms. The van der Waals surface area contributed by atoms with Crippen molar-refractivity contribution in [2.24, 2.45) is 0 Å².